The third kappa shape index (κ3) is 5.58. The molecule has 12 nitrogen and oxygen atoms in total. The van der Waals surface area contributed by atoms with Crippen LogP contribution in [0.5, 0.6) is 0 Å². The van der Waals surface area contributed by atoms with Crippen LogP contribution in [0.1, 0.15) is 51.0 Å². The molecule has 2 aromatic heterocycles. The third-order valence-corrected chi connectivity index (χ3v) is 10.7. The van der Waals surface area contributed by atoms with Crippen molar-refractivity contribution in [3.63, 3.8) is 0 Å². The summed E-state index contributed by atoms with van der Waals surface area (Å²) in [5.74, 6) is -1.27. The van der Waals surface area contributed by atoms with E-state index in [0.717, 1.165) is 60.6 Å². The fourth-order valence-electron chi connectivity index (χ4n) is 7.98. The van der Waals surface area contributed by atoms with Crippen LogP contribution in [-0.2, 0) is 43.6 Å². The Labute approximate surface area is 308 Å². The summed E-state index contributed by atoms with van der Waals surface area (Å²) in [6.45, 7) is 2.20. The van der Waals surface area contributed by atoms with Crippen LogP contribution in [0, 0.1) is 6.92 Å². The molecule has 3 N–H and O–H groups in total. The van der Waals surface area contributed by atoms with Crippen molar-refractivity contribution in [1.82, 2.24) is 20.2 Å². The van der Waals surface area contributed by atoms with Crippen LogP contribution >= 0.6 is 0 Å². The number of pyridine rings is 2. The number of nitrogens with one attached hydrogen (secondary N) is 2. The smallest absolute Gasteiger partial charge is 0.407 e. The van der Waals surface area contributed by atoms with Gasteiger partial charge < -0.3 is 34.5 Å². The largest absolute Gasteiger partial charge is 0.458 e. The Morgan fingerprint density at radius 2 is 1.67 bits per heavy atom. The van der Waals surface area contributed by atoms with E-state index < -0.39 is 24.1 Å². The molecule has 0 bridgehead atoms. The van der Waals surface area contributed by atoms with E-state index in [4.69, 9.17) is 19.2 Å². The number of esters is 1. The molecule has 1 unspecified atom stereocenters. The molecular formula is C42H34N4O8. The maximum absolute atomic E-state index is 13.4. The number of hydrogen-bond donors (Lipinski definition) is 3. The molecule has 1 aliphatic carbocycles. The molecule has 1 atom stereocenters. The Morgan fingerprint density at radius 1 is 0.926 bits per heavy atom. The number of aliphatic hydroxyl groups is 1. The number of carbonyl (C=O) groups is 3. The molecule has 0 saturated heterocycles. The number of carbonyl (C=O) groups excluding carboxylic acids is 3. The number of aliphatic hydroxyl groups excluding tert-OH is 1. The molecule has 6 aromatic rings. The highest BCUT2D eigenvalue weighted by molar-refractivity contribution is 6.09. The van der Waals surface area contributed by atoms with E-state index in [1.54, 1.807) is 10.6 Å². The van der Waals surface area contributed by atoms with Crippen molar-refractivity contribution < 1.29 is 33.7 Å². The van der Waals surface area contributed by atoms with E-state index in [0.29, 0.717) is 17.9 Å². The van der Waals surface area contributed by atoms with E-state index in [1.165, 1.54) is 0 Å². The zero-order valence-corrected chi connectivity index (χ0v) is 29.2. The van der Waals surface area contributed by atoms with Gasteiger partial charge in [0, 0.05) is 22.4 Å². The van der Waals surface area contributed by atoms with Crippen LogP contribution in [0.15, 0.2) is 89.7 Å². The van der Waals surface area contributed by atoms with E-state index in [2.05, 4.69) is 22.8 Å². The summed E-state index contributed by atoms with van der Waals surface area (Å²) in [5.41, 5.74) is 9.43. The number of ether oxygens (including phenoxy) is 3. The minimum Gasteiger partial charge on any atom is -0.458 e. The molecule has 12 heteroatoms. The number of fused-ring (bicyclic) bond motifs is 10. The highest BCUT2D eigenvalue weighted by atomic mass is 16.6. The first-order chi connectivity index (χ1) is 26.3. The molecule has 270 valence electrons. The second-order valence-electron chi connectivity index (χ2n) is 13.7. The number of nitrogens with zero attached hydrogens (tertiary/aromatic N) is 2. The predicted molar refractivity (Wildman–Crippen MR) is 198 cm³/mol. The molecule has 4 heterocycles. The number of alkyl carbamates (subject to hydrolysis) is 1. The first-order valence-electron chi connectivity index (χ1n) is 17.7. The van der Waals surface area contributed by atoms with E-state index in [-0.39, 0.29) is 55.7 Å². The van der Waals surface area contributed by atoms with E-state index in [9.17, 15) is 24.3 Å². The van der Waals surface area contributed by atoms with E-state index >= 15 is 0 Å². The van der Waals surface area contributed by atoms with Crippen molar-refractivity contribution in [2.45, 2.75) is 38.7 Å². The summed E-state index contributed by atoms with van der Waals surface area (Å²) in [6, 6.07) is 27.8. The third-order valence-electron chi connectivity index (χ3n) is 10.7. The molecule has 2 aliphatic heterocycles. The van der Waals surface area contributed by atoms with Crippen LogP contribution in [0.4, 0.5) is 4.79 Å². The SMILES string of the molecule is Cc1c2c(nc3ccc4ccc(COCNC(=O)CNC(=O)OCC5c6ccccc6-c6ccccc65)cc4c13)-c1cc3c(c(=O)n1C2)COC(=O)C3O. The number of hydrogen-bond acceptors (Lipinski definition) is 9. The van der Waals surface area contributed by atoms with Crippen LogP contribution in [0.2, 0.25) is 0 Å². The van der Waals surface area contributed by atoms with Gasteiger partial charge in [-0.2, -0.15) is 0 Å². The zero-order valence-electron chi connectivity index (χ0n) is 29.2. The lowest BCUT2D eigenvalue weighted by molar-refractivity contribution is -0.157. The van der Waals surface area contributed by atoms with Crippen LogP contribution < -0.4 is 16.2 Å². The maximum atomic E-state index is 13.4. The molecule has 0 spiro atoms. The van der Waals surface area contributed by atoms with Crippen molar-refractivity contribution in [1.29, 1.82) is 0 Å². The van der Waals surface area contributed by atoms with Crippen molar-refractivity contribution in [2.24, 2.45) is 0 Å². The highest BCUT2D eigenvalue weighted by Gasteiger charge is 2.34. The molecule has 54 heavy (non-hydrogen) atoms. The highest BCUT2D eigenvalue weighted by Crippen LogP contribution is 2.44. The molecule has 0 fully saturated rings. The Hall–Kier alpha value is -6.37. The van der Waals surface area contributed by atoms with Gasteiger partial charge in [0.15, 0.2) is 6.10 Å². The Morgan fingerprint density at radius 3 is 2.44 bits per heavy atom. The van der Waals surface area contributed by atoms with Gasteiger partial charge in [-0.1, -0.05) is 66.7 Å². The lowest BCUT2D eigenvalue weighted by Crippen LogP contribution is -2.38. The van der Waals surface area contributed by atoms with Gasteiger partial charge in [0.1, 0.15) is 26.5 Å². The number of cyclic esters (lactones) is 1. The van der Waals surface area contributed by atoms with Crippen molar-refractivity contribution in [2.75, 3.05) is 19.9 Å². The minimum atomic E-state index is -1.51. The van der Waals surface area contributed by atoms with Crippen LogP contribution in [0.25, 0.3) is 44.2 Å². The number of amides is 2. The first kappa shape index (κ1) is 33.5. The standard InChI is InChI=1S/C42H34N4O8/c1-22-31-17-46-35(15-30-33(40(46)49)20-53-41(50)39(30)48)38(31)45-34-13-12-24-11-10-23(14-29(24)37(22)34)18-52-21-44-36(47)16-43-42(51)54-19-32-27-8-4-2-6-25(27)26-7-3-5-9-28(26)32/h2-15,32,39,48H,16-21H2,1H3,(H,43,51)(H,44,47). The minimum absolute atomic E-state index is 0.0603. The quantitative estimate of drug-likeness (QED) is 0.0840. The summed E-state index contributed by atoms with van der Waals surface area (Å²) >= 11 is 0. The van der Waals surface area contributed by atoms with Crippen LogP contribution in [-0.4, -0.2) is 52.5 Å². The Balaban J connectivity index is 0.827. The summed E-state index contributed by atoms with van der Waals surface area (Å²) in [6.07, 6.45) is -2.19. The van der Waals surface area contributed by atoms with Gasteiger partial charge in [0.25, 0.3) is 5.56 Å². The van der Waals surface area contributed by atoms with Gasteiger partial charge >= 0.3 is 12.1 Å². The number of aryl methyl sites for hydroxylation is 1. The molecule has 2 amide bonds. The lowest BCUT2D eigenvalue weighted by Gasteiger charge is -2.21. The molecule has 9 rings (SSSR count). The lowest BCUT2D eigenvalue weighted by atomic mass is 9.95. The second kappa shape index (κ2) is 13.2. The average Bonchev–Trinajstić information content (AvgIpc) is 3.72. The van der Waals surface area contributed by atoms with Crippen LogP contribution in [0.3, 0.4) is 0 Å². The van der Waals surface area contributed by atoms with Gasteiger partial charge in [-0.25, -0.2) is 14.6 Å². The number of rotatable bonds is 8. The van der Waals surface area contributed by atoms with Gasteiger partial charge in [-0.15, -0.1) is 0 Å². The summed E-state index contributed by atoms with van der Waals surface area (Å²) in [7, 11) is 0. The number of aromatic nitrogens is 2. The summed E-state index contributed by atoms with van der Waals surface area (Å²) in [4.78, 5) is 55.4. The van der Waals surface area contributed by atoms with Gasteiger partial charge in [-0.3, -0.25) is 9.59 Å². The molecule has 0 radical (unpaired) electrons. The van der Waals surface area contributed by atoms with E-state index in [1.807, 2.05) is 73.7 Å². The topological polar surface area (TPSA) is 158 Å². The summed E-state index contributed by atoms with van der Waals surface area (Å²) in [5, 5.41) is 18.6. The Kier molecular flexibility index (Phi) is 8.21. The summed E-state index contributed by atoms with van der Waals surface area (Å²) < 4.78 is 17.9. The first-order valence-corrected chi connectivity index (χ1v) is 17.7. The van der Waals surface area contributed by atoms with Gasteiger partial charge in [0.05, 0.1) is 35.6 Å². The Bertz CT molecular complexity index is 2590. The fourth-order valence-corrected chi connectivity index (χ4v) is 7.98. The second-order valence-corrected chi connectivity index (χ2v) is 13.7. The van der Waals surface area contributed by atoms with Crippen molar-refractivity contribution in [3.8, 4) is 22.5 Å². The van der Waals surface area contributed by atoms with Gasteiger partial charge in [0.2, 0.25) is 5.91 Å². The molecule has 4 aromatic carbocycles. The average molecular weight is 723 g/mol. The predicted octanol–water partition coefficient (Wildman–Crippen LogP) is 5.11. The maximum Gasteiger partial charge on any atom is 0.407 e. The number of benzene rings is 4. The zero-order chi connectivity index (χ0) is 37.1. The van der Waals surface area contributed by atoms with Gasteiger partial charge in [-0.05, 0) is 69.3 Å². The fraction of sp³-hybridized carbons (Fsp3) is 0.214. The van der Waals surface area contributed by atoms with Crippen molar-refractivity contribution in [3.05, 3.63) is 134 Å². The molecule has 0 saturated carbocycles. The molecule has 3 aliphatic rings. The molecular weight excluding hydrogens is 688 g/mol. The monoisotopic (exact) mass is 722 g/mol. The normalized spacial score (nSPS) is 15.2. The van der Waals surface area contributed by atoms with Crippen molar-refractivity contribution >= 4 is 39.6 Å².